The second-order valence-electron chi connectivity index (χ2n) is 3.00. The van der Waals surface area contributed by atoms with Gasteiger partial charge in [-0.05, 0) is 18.9 Å². The fourth-order valence-corrected chi connectivity index (χ4v) is 0.929. The first kappa shape index (κ1) is 11.8. The van der Waals surface area contributed by atoms with Crippen LogP contribution in [0.1, 0.15) is 20.3 Å². The maximum absolute atomic E-state index is 10.2. The fourth-order valence-electron chi connectivity index (χ4n) is 0.601. The third-order valence-electron chi connectivity index (χ3n) is 1.32. The van der Waals surface area contributed by atoms with Crippen molar-refractivity contribution in [3.05, 3.63) is 0 Å². The zero-order valence-electron chi connectivity index (χ0n) is 7.19. The lowest BCUT2D eigenvalue weighted by Crippen LogP contribution is -2.36. The molecule has 5 nitrogen and oxygen atoms in total. The minimum absolute atomic E-state index is 0.360. The fraction of sp³-hybridized carbons (Fsp3) is 1.00. The van der Waals surface area contributed by atoms with Gasteiger partial charge in [0.1, 0.15) is 0 Å². The van der Waals surface area contributed by atoms with Crippen LogP contribution in [-0.2, 0) is 10.1 Å². The summed E-state index contributed by atoms with van der Waals surface area (Å²) < 4.78 is 28.8. The second-order valence-corrected chi connectivity index (χ2v) is 4.48. The highest BCUT2D eigenvalue weighted by Crippen LogP contribution is 1.97. The van der Waals surface area contributed by atoms with E-state index in [9.17, 15) is 8.42 Å². The number of aliphatic hydroxyl groups excluding tert-OH is 1. The monoisotopic (exact) mass is 197 g/mol. The van der Waals surface area contributed by atoms with Crippen LogP contribution in [0.15, 0.2) is 0 Å². The Morgan fingerprint density at radius 3 is 2.25 bits per heavy atom. The largest absolute Gasteiger partial charge is 0.363 e. The zero-order valence-corrected chi connectivity index (χ0v) is 8.00. The van der Waals surface area contributed by atoms with Crippen LogP contribution in [0.5, 0.6) is 0 Å². The summed E-state index contributed by atoms with van der Waals surface area (Å²) in [6.07, 6.45) is 0.743. The molecule has 0 aliphatic rings. The van der Waals surface area contributed by atoms with Crippen LogP contribution >= 0.6 is 0 Å². The van der Waals surface area contributed by atoms with Crippen molar-refractivity contribution in [3.8, 4) is 0 Å². The van der Waals surface area contributed by atoms with E-state index < -0.39 is 15.7 Å². The molecule has 0 rings (SSSR count). The average molecular weight is 197 g/mol. The van der Waals surface area contributed by atoms with Crippen molar-refractivity contribution in [2.75, 3.05) is 6.54 Å². The number of hydrogen-bond donors (Lipinski definition) is 3. The Hall–Kier alpha value is -0.170. The summed E-state index contributed by atoms with van der Waals surface area (Å²) >= 11 is 0. The average Bonchev–Trinajstić information content (AvgIpc) is 1.84. The number of nitrogens with one attached hydrogen (secondary N) is 1. The zero-order chi connectivity index (χ0) is 9.78. The van der Waals surface area contributed by atoms with Crippen molar-refractivity contribution in [1.82, 2.24) is 5.32 Å². The van der Waals surface area contributed by atoms with Gasteiger partial charge in [-0.15, -0.1) is 0 Å². The van der Waals surface area contributed by atoms with Gasteiger partial charge in [0.2, 0.25) is 5.56 Å². The van der Waals surface area contributed by atoms with Crippen molar-refractivity contribution >= 4 is 10.1 Å². The molecule has 0 heterocycles. The molecule has 3 N–H and O–H groups in total. The van der Waals surface area contributed by atoms with E-state index in [1.165, 1.54) is 0 Å². The molecule has 0 spiro atoms. The summed E-state index contributed by atoms with van der Waals surface area (Å²) in [5.41, 5.74) is -1.86. The molecule has 1 unspecified atom stereocenters. The summed E-state index contributed by atoms with van der Waals surface area (Å²) in [6, 6.07) is 0. The number of hydrogen-bond acceptors (Lipinski definition) is 4. The summed E-state index contributed by atoms with van der Waals surface area (Å²) in [7, 11) is -4.36. The molecule has 0 saturated carbocycles. The minimum atomic E-state index is -4.36. The molecule has 0 fully saturated rings. The Labute approximate surface area is 72.5 Å². The maximum Gasteiger partial charge on any atom is 0.306 e. The molecule has 0 radical (unpaired) electrons. The molecular weight excluding hydrogens is 182 g/mol. The summed E-state index contributed by atoms with van der Waals surface area (Å²) in [5.74, 6) is 0.422. The maximum atomic E-state index is 10.2. The first-order valence-electron chi connectivity index (χ1n) is 3.71. The normalized spacial score (nSPS) is 15.1. The molecule has 0 aromatic rings. The standard InChI is InChI=1S/C6H15NO4S/c1-5(2)3-4-7-6(8)12(9,10)11/h5-8H,3-4H2,1-2H3,(H,9,10,11). The highest BCUT2D eigenvalue weighted by molar-refractivity contribution is 7.86. The molecule has 74 valence electrons. The Morgan fingerprint density at radius 1 is 1.42 bits per heavy atom. The van der Waals surface area contributed by atoms with Crippen LogP contribution in [0.3, 0.4) is 0 Å². The van der Waals surface area contributed by atoms with Gasteiger partial charge < -0.3 is 5.11 Å². The SMILES string of the molecule is CC(C)CCNC(O)S(=O)(=O)O. The molecule has 0 aliphatic heterocycles. The Bertz CT molecular complexity index is 212. The van der Waals surface area contributed by atoms with Crippen LogP contribution in [0.2, 0.25) is 0 Å². The van der Waals surface area contributed by atoms with E-state index in [2.05, 4.69) is 5.32 Å². The molecule has 0 aromatic heterocycles. The molecule has 12 heavy (non-hydrogen) atoms. The van der Waals surface area contributed by atoms with Crippen LogP contribution in [0.25, 0.3) is 0 Å². The van der Waals surface area contributed by atoms with Crippen LogP contribution in [0.4, 0.5) is 0 Å². The number of aliphatic hydroxyl groups is 1. The van der Waals surface area contributed by atoms with Gasteiger partial charge in [0.05, 0.1) is 0 Å². The van der Waals surface area contributed by atoms with E-state index in [0.29, 0.717) is 12.5 Å². The van der Waals surface area contributed by atoms with Gasteiger partial charge >= 0.3 is 10.1 Å². The summed E-state index contributed by atoms with van der Waals surface area (Å²) in [6.45, 7) is 4.31. The lowest BCUT2D eigenvalue weighted by molar-refractivity contribution is 0.196. The Morgan fingerprint density at radius 2 is 1.92 bits per heavy atom. The van der Waals surface area contributed by atoms with Gasteiger partial charge in [-0.1, -0.05) is 13.8 Å². The van der Waals surface area contributed by atoms with E-state index >= 15 is 0 Å². The first-order chi connectivity index (χ1) is 5.34. The van der Waals surface area contributed by atoms with Crippen LogP contribution in [-0.4, -0.2) is 30.2 Å². The van der Waals surface area contributed by atoms with E-state index in [4.69, 9.17) is 9.66 Å². The molecule has 0 aromatic carbocycles. The van der Waals surface area contributed by atoms with Crippen LogP contribution < -0.4 is 5.32 Å². The van der Waals surface area contributed by atoms with Gasteiger partial charge in [0.25, 0.3) is 0 Å². The second kappa shape index (κ2) is 4.76. The third kappa shape index (κ3) is 5.48. The number of rotatable bonds is 5. The Balaban J connectivity index is 3.66. The highest BCUT2D eigenvalue weighted by atomic mass is 32.2. The van der Waals surface area contributed by atoms with Crippen molar-refractivity contribution in [2.45, 2.75) is 25.8 Å². The highest BCUT2D eigenvalue weighted by Gasteiger charge is 2.17. The predicted molar refractivity (Wildman–Crippen MR) is 45.0 cm³/mol. The molecule has 0 amide bonds. The molecule has 1 atom stereocenters. The van der Waals surface area contributed by atoms with E-state index in [1.54, 1.807) is 0 Å². The third-order valence-corrected chi connectivity index (χ3v) is 2.05. The van der Waals surface area contributed by atoms with Gasteiger partial charge in [-0.25, -0.2) is 0 Å². The van der Waals surface area contributed by atoms with E-state index in [0.717, 1.165) is 6.42 Å². The summed E-state index contributed by atoms with van der Waals surface area (Å²) in [4.78, 5) is 0. The smallest absolute Gasteiger partial charge is 0.306 e. The van der Waals surface area contributed by atoms with Crippen molar-refractivity contribution in [2.24, 2.45) is 5.92 Å². The van der Waals surface area contributed by atoms with Gasteiger partial charge in [0, 0.05) is 0 Å². The first-order valence-corrected chi connectivity index (χ1v) is 5.22. The molecule has 0 saturated heterocycles. The van der Waals surface area contributed by atoms with Crippen molar-refractivity contribution in [1.29, 1.82) is 0 Å². The topological polar surface area (TPSA) is 86.6 Å². The quantitative estimate of drug-likeness (QED) is 0.419. The van der Waals surface area contributed by atoms with Crippen molar-refractivity contribution < 1.29 is 18.1 Å². The van der Waals surface area contributed by atoms with Gasteiger partial charge in [0.15, 0.2) is 0 Å². The predicted octanol–water partition coefficient (Wildman–Crippen LogP) is -0.214. The summed E-state index contributed by atoms with van der Waals surface area (Å²) in [5, 5.41) is 11.0. The minimum Gasteiger partial charge on any atom is -0.363 e. The van der Waals surface area contributed by atoms with Crippen LogP contribution in [0, 0.1) is 5.92 Å². The van der Waals surface area contributed by atoms with E-state index in [1.807, 2.05) is 13.8 Å². The molecular formula is C6H15NO4S. The Kier molecular flexibility index (Phi) is 4.69. The molecule has 0 aliphatic carbocycles. The van der Waals surface area contributed by atoms with Gasteiger partial charge in [-0.3, -0.25) is 9.87 Å². The lowest BCUT2D eigenvalue weighted by Gasteiger charge is -2.10. The van der Waals surface area contributed by atoms with E-state index in [-0.39, 0.29) is 0 Å². The lowest BCUT2D eigenvalue weighted by atomic mass is 10.1. The molecule has 0 bridgehead atoms. The van der Waals surface area contributed by atoms with Gasteiger partial charge in [-0.2, -0.15) is 8.42 Å². The van der Waals surface area contributed by atoms with Crippen molar-refractivity contribution in [3.63, 3.8) is 0 Å². The molecule has 6 heteroatoms.